The second kappa shape index (κ2) is 9.59. The Bertz CT molecular complexity index is 979. The van der Waals surface area contributed by atoms with Crippen molar-refractivity contribution in [1.29, 1.82) is 0 Å². The van der Waals surface area contributed by atoms with Gasteiger partial charge in [0.2, 0.25) is 0 Å². The Balaban J connectivity index is 1.47. The first kappa shape index (κ1) is 20.2. The highest BCUT2D eigenvalue weighted by atomic mass is 16.5. The minimum atomic E-state index is -0.914. The first-order valence-electron chi connectivity index (χ1n) is 9.32. The molecule has 0 spiro atoms. The Morgan fingerprint density at radius 3 is 2.38 bits per heavy atom. The van der Waals surface area contributed by atoms with E-state index >= 15 is 0 Å². The van der Waals surface area contributed by atoms with Crippen molar-refractivity contribution in [3.05, 3.63) is 66.7 Å². The molecule has 150 valence electrons. The first-order valence-corrected chi connectivity index (χ1v) is 9.32. The highest BCUT2D eigenvalue weighted by molar-refractivity contribution is 6.03. The van der Waals surface area contributed by atoms with Crippen LogP contribution in [0.1, 0.15) is 13.3 Å². The monoisotopic (exact) mass is 393 g/mol. The molecule has 0 saturated carbocycles. The van der Waals surface area contributed by atoms with Gasteiger partial charge in [0.15, 0.2) is 6.10 Å². The van der Waals surface area contributed by atoms with Gasteiger partial charge in [-0.1, -0.05) is 36.4 Å². The molecule has 0 saturated heterocycles. The Hall–Kier alpha value is -3.54. The summed E-state index contributed by atoms with van der Waals surface area (Å²) in [5.74, 6) is 0.466. The summed E-state index contributed by atoms with van der Waals surface area (Å²) >= 11 is 0. The van der Waals surface area contributed by atoms with Crippen molar-refractivity contribution in [1.82, 2.24) is 0 Å². The number of carbonyl (C=O) groups is 2. The molecule has 1 N–H and O–H groups in total. The molecule has 6 nitrogen and oxygen atoms in total. The van der Waals surface area contributed by atoms with Crippen LogP contribution in [0.4, 0.5) is 5.69 Å². The summed E-state index contributed by atoms with van der Waals surface area (Å²) in [5.41, 5.74) is 0.679. The highest BCUT2D eigenvalue weighted by Gasteiger charge is 2.18. The maximum atomic E-state index is 12.4. The maximum Gasteiger partial charge on any atom is 0.310 e. The third kappa shape index (κ3) is 5.48. The molecule has 0 heterocycles. The fourth-order valence-corrected chi connectivity index (χ4v) is 2.80. The molecular formula is C23H23NO5. The Morgan fingerprint density at radius 2 is 1.62 bits per heavy atom. The third-order valence-corrected chi connectivity index (χ3v) is 4.36. The van der Waals surface area contributed by atoms with Gasteiger partial charge in [-0.15, -0.1) is 0 Å². The van der Waals surface area contributed by atoms with E-state index < -0.39 is 12.1 Å². The van der Waals surface area contributed by atoms with E-state index in [1.54, 1.807) is 38.3 Å². The first-order chi connectivity index (χ1) is 14.1. The van der Waals surface area contributed by atoms with Gasteiger partial charge in [0, 0.05) is 11.1 Å². The molecule has 1 amide bonds. The van der Waals surface area contributed by atoms with E-state index in [1.807, 2.05) is 42.5 Å². The van der Waals surface area contributed by atoms with Crippen molar-refractivity contribution >= 4 is 28.3 Å². The van der Waals surface area contributed by atoms with Crippen molar-refractivity contribution in [2.24, 2.45) is 0 Å². The van der Waals surface area contributed by atoms with Crippen LogP contribution >= 0.6 is 0 Å². The van der Waals surface area contributed by atoms with Crippen LogP contribution in [0.5, 0.6) is 11.5 Å². The lowest BCUT2D eigenvalue weighted by Crippen LogP contribution is -2.30. The fraction of sp³-hybridized carbons (Fsp3) is 0.217. The molecule has 0 aromatic heterocycles. The second-order valence-corrected chi connectivity index (χ2v) is 6.42. The zero-order valence-corrected chi connectivity index (χ0v) is 16.4. The number of carbonyl (C=O) groups excluding carboxylic acids is 2. The summed E-state index contributed by atoms with van der Waals surface area (Å²) in [4.78, 5) is 24.4. The number of methoxy groups -OCH3 is 1. The van der Waals surface area contributed by atoms with Crippen molar-refractivity contribution in [2.75, 3.05) is 19.0 Å². The number of esters is 1. The molecule has 0 aliphatic carbocycles. The van der Waals surface area contributed by atoms with Gasteiger partial charge < -0.3 is 19.5 Å². The van der Waals surface area contributed by atoms with Gasteiger partial charge in [-0.2, -0.15) is 0 Å². The van der Waals surface area contributed by atoms with Crippen LogP contribution in [0.15, 0.2) is 66.7 Å². The SMILES string of the molecule is COc1ccc(OCCC(=O)OC(C)C(=O)Nc2cccc3ccccc23)cc1. The number of rotatable bonds is 8. The van der Waals surface area contributed by atoms with E-state index in [4.69, 9.17) is 14.2 Å². The normalized spacial score (nSPS) is 11.5. The summed E-state index contributed by atoms with van der Waals surface area (Å²) in [6.45, 7) is 1.70. The van der Waals surface area contributed by atoms with Crippen molar-refractivity contribution in [2.45, 2.75) is 19.4 Å². The lowest BCUT2D eigenvalue weighted by molar-refractivity contribution is -0.153. The zero-order valence-electron chi connectivity index (χ0n) is 16.4. The van der Waals surface area contributed by atoms with E-state index in [0.29, 0.717) is 11.4 Å². The standard InChI is InChI=1S/C23H23NO5/c1-16(23(26)24-21-9-5-7-17-6-3-4-8-20(17)21)29-22(25)14-15-28-19-12-10-18(27-2)11-13-19/h3-13,16H,14-15H2,1-2H3,(H,24,26). The second-order valence-electron chi connectivity index (χ2n) is 6.42. The molecule has 0 aliphatic rings. The maximum absolute atomic E-state index is 12.4. The largest absolute Gasteiger partial charge is 0.497 e. The van der Waals surface area contributed by atoms with Crippen LogP contribution in [0.2, 0.25) is 0 Å². The molecule has 0 fully saturated rings. The molecule has 1 atom stereocenters. The van der Waals surface area contributed by atoms with Crippen LogP contribution < -0.4 is 14.8 Å². The zero-order chi connectivity index (χ0) is 20.6. The summed E-state index contributed by atoms with van der Waals surface area (Å²) < 4.78 is 15.8. The lowest BCUT2D eigenvalue weighted by atomic mass is 10.1. The summed E-state index contributed by atoms with van der Waals surface area (Å²) in [5, 5.41) is 4.77. The minimum absolute atomic E-state index is 0.0396. The number of hydrogen-bond donors (Lipinski definition) is 1. The molecule has 29 heavy (non-hydrogen) atoms. The number of benzene rings is 3. The molecule has 0 bridgehead atoms. The van der Waals surface area contributed by atoms with Gasteiger partial charge in [0.25, 0.3) is 5.91 Å². The van der Waals surface area contributed by atoms with E-state index in [2.05, 4.69) is 5.32 Å². The number of anilines is 1. The number of nitrogens with one attached hydrogen (secondary N) is 1. The minimum Gasteiger partial charge on any atom is -0.497 e. The Labute approximate surface area is 169 Å². The third-order valence-electron chi connectivity index (χ3n) is 4.36. The van der Waals surface area contributed by atoms with Gasteiger partial charge in [-0.05, 0) is 42.6 Å². The van der Waals surface area contributed by atoms with Crippen molar-refractivity contribution in [3.8, 4) is 11.5 Å². The number of ether oxygens (including phenoxy) is 3. The van der Waals surface area contributed by atoms with Crippen LogP contribution in [0.25, 0.3) is 10.8 Å². The summed E-state index contributed by atoms with van der Waals surface area (Å²) in [6.07, 6.45) is -0.875. The quantitative estimate of drug-likeness (QED) is 0.581. The van der Waals surface area contributed by atoms with E-state index in [9.17, 15) is 9.59 Å². The van der Waals surface area contributed by atoms with Gasteiger partial charge in [-0.25, -0.2) is 0 Å². The molecule has 3 rings (SSSR count). The topological polar surface area (TPSA) is 73.9 Å². The van der Waals surface area contributed by atoms with E-state index in [1.165, 1.54) is 0 Å². The Morgan fingerprint density at radius 1 is 0.931 bits per heavy atom. The summed E-state index contributed by atoms with van der Waals surface area (Å²) in [6, 6.07) is 20.4. The van der Waals surface area contributed by atoms with Gasteiger partial charge in [0.05, 0.1) is 20.1 Å². The molecule has 1 unspecified atom stereocenters. The van der Waals surface area contributed by atoms with Crippen LogP contribution in [0.3, 0.4) is 0 Å². The lowest BCUT2D eigenvalue weighted by Gasteiger charge is -2.15. The van der Waals surface area contributed by atoms with Crippen molar-refractivity contribution < 1.29 is 23.8 Å². The molecular weight excluding hydrogens is 370 g/mol. The molecule has 3 aromatic carbocycles. The fourth-order valence-electron chi connectivity index (χ4n) is 2.80. The van der Waals surface area contributed by atoms with Crippen molar-refractivity contribution in [3.63, 3.8) is 0 Å². The van der Waals surface area contributed by atoms with Crippen LogP contribution in [0, 0.1) is 0 Å². The number of amides is 1. The highest BCUT2D eigenvalue weighted by Crippen LogP contribution is 2.23. The number of fused-ring (bicyclic) bond motifs is 1. The van der Waals surface area contributed by atoms with Gasteiger partial charge >= 0.3 is 5.97 Å². The molecule has 0 aliphatic heterocycles. The molecule has 6 heteroatoms. The molecule has 0 radical (unpaired) electrons. The van der Waals surface area contributed by atoms with Gasteiger partial charge in [-0.3, -0.25) is 9.59 Å². The smallest absolute Gasteiger partial charge is 0.310 e. The molecule has 3 aromatic rings. The predicted octanol–water partition coefficient (Wildman–Crippen LogP) is 4.19. The van der Waals surface area contributed by atoms with Gasteiger partial charge in [0.1, 0.15) is 11.5 Å². The Kier molecular flexibility index (Phi) is 6.68. The number of hydrogen-bond acceptors (Lipinski definition) is 5. The van der Waals surface area contributed by atoms with E-state index in [0.717, 1.165) is 16.5 Å². The van der Waals surface area contributed by atoms with E-state index in [-0.39, 0.29) is 18.9 Å². The predicted molar refractivity (Wildman–Crippen MR) is 111 cm³/mol. The average Bonchev–Trinajstić information content (AvgIpc) is 2.74. The average molecular weight is 393 g/mol. The van der Waals surface area contributed by atoms with Crippen LogP contribution in [-0.2, 0) is 14.3 Å². The summed E-state index contributed by atoms with van der Waals surface area (Å²) in [7, 11) is 1.59. The van der Waals surface area contributed by atoms with Crippen LogP contribution in [-0.4, -0.2) is 31.7 Å².